The van der Waals surface area contributed by atoms with E-state index in [0.717, 1.165) is 46.8 Å². The molecule has 1 N–H and O–H groups in total. The Morgan fingerprint density at radius 3 is 3.00 bits per heavy atom. The molecule has 5 nitrogen and oxygen atoms in total. The summed E-state index contributed by atoms with van der Waals surface area (Å²) >= 11 is 0. The number of pyridine rings is 2. The van der Waals surface area contributed by atoms with Crippen molar-refractivity contribution in [1.29, 1.82) is 0 Å². The highest BCUT2D eigenvalue weighted by atomic mass is 16.5. The smallest absolute Gasteiger partial charge is 0.213 e. The van der Waals surface area contributed by atoms with Crippen molar-refractivity contribution < 1.29 is 9.47 Å². The summed E-state index contributed by atoms with van der Waals surface area (Å²) in [5.41, 5.74) is 2.68. The van der Waals surface area contributed by atoms with E-state index in [9.17, 15) is 0 Å². The van der Waals surface area contributed by atoms with Gasteiger partial charge < -0.3 is 14.8 Å². The first-order valence-corrected chi connectivity index (χ1v) is 8.06. The number of anilines is 1. The molecule has 5 heteroatoms. The summed E-state index contributed by atoms with van der Waals surface area (Å²) in [6.45, 7) is 0.734. The third-order valence-corrected chi connectivity index (χ3v) is 5.52. The molecule has 2 aliphatic carbocycles. The molecular formula is C17H19N3O2. The molecule has 0 bridgehead atoms. The second kappa shape index (κ2) is 4.48. The lowest BCUT2D eigenvalue weighted by molar-refractivity contribution is 0.235. The Bertz CT molecular complexity index is 743. The van der Waals surface area contributed by atoms with Gasteiger partial charge in [0.1, 0.15) is 17.8 Å². The van der Waals surface area contributed by atoms with E-state index in [1.807, 2.05) is 12.1 Å². The summed E-state index contributed by atoms with van der Waals surface area (Å²) in [6.07, 6.45) is 5.93. The first-order valence-electron chi connectivity index (χ1n) is 8.06. The van der Waals surface area contributed by atoms with E-state index in [2.05, 4.69) is 15.3 Å². The highest BCUT2D eigenvalue weighted by Crippen LogP contribution is 2.57. The van der Waals surface area contributed by atoms with Crippen molar-refractivity contribution in [2.75, 3.05) is 19.0 Å². The fourth-order valence-corrected chi connectivity index (χ4v) is 4.28. The topological polar surface area (TPSA) is 56.3 Å². The molecule has 22 heavy (non-hydrogen) atoms. The van der Waals surface area contributed by atoms with Crippen LogP contribution >= 0.6 is 0 Å². The van der Waals surface area contributed by atoms with Crippen molar-refractivity contribution in [3.8, 4) is 11.6 Å². The maximum atomic E-state index is 5.99. The minimum absolute atomic E-state index is 0.392. The van der Waals surface area contributed by atoms with Crippen LogP contribution in [-0.4, -0.2) is 29.7 Å². The monoisotopic (exact) mass is 297 g/mol. The third-order valence-electron chi connectivity index (χ3n) is 5.52. The van der Waals surface area contributed by atoms with E-state index in [1.165, 1.54) is 19.3 Å². The van der Waals surface area contributed by atoms with Gasteiger partial charge in [-0.15, -0.1) is 0 Å². The average molecular weight is 297 g/mol. The molecule has 2 aromatic heterocycles. The second-order valence-electron chi connectivity index (χ2n) is 6.68. The molecule has 4 atom stereocenters. The van der Waals surface area contributed by atoms with E-state index in [0.29, 0.717) is 11.9 Å². The minimum Gasteiger partial charge on any atom is -0.488 e. The molecule has 0 spiro atoms. The number of hydrogen-bond donors (Lipinski definition) is 1. The lowest BCUT2D eigenvalue weighted by atomic mass is 9.93. The summed E-state index contributed by atoms with van der Waals surface area (Å²) in [7, 11) is 1.63. The summed E-state index contributed by atoms with van der Waals surface area (Å²) in [6, 6.07) is 4.18. The Labute approximate surface area is 129 Å². The van der Waals surface area contributed by atoms with Gasteiger partial charge in [-0.1, -0.05) is 0 Å². The van der Waals surface area contributed by atoms with Gasteiger partial charge in [0, 0.05) is 6.07 Å². The highest BCUT2D eigenvalue weighted by Gasteiger charge is 2.51. The normalized spacial score (nSPS) is 31.9. The first kappa shape index (κ1) is 12.5. The van der Waals surface area contributed by atoms with E-state index < -0.39 is 0 Å². The molecule has 5 rings (SSSR count). The number of nitrogens with zero attached hydrogens (tertiary/aromatic N) is 2. The van der Waals surface area contributed by atoms with Gasteiger partial charge in [-0.3, -0.25) is 4.98 Å². The van der Waals surface area contributed by atoms with Gasteiger partial charge in [0.05, 0.1) is 24.9 Å². The number of fused-ring (bicyclic) bond motifs is 4. The summed E-state index contributed by atoms with van der Waals surface area (Å²) in [5.74, 6) is 4.05. The molecule has 2 aromatic rings. The van der Waals surface area contributed by atoms with Crippen molar-refractivity contribution in [2.24, 2.45) is 17.8 Å². The largest absolute Gasteiger partial charge is 0.488 e. The van der Waals surface area contributed by atoms with Crippen LogP contribution in [0.15, 0.2) is 18.3 Å². The molecule has 0 aromatic carbocycles. The predicted molar refractivity (Wildman–Crippen MR) is 83.3 cm³/mol. The number of ether oxygens (including phenoxy) is 2. The maximum Gasteiger partial charge on any atom is 0.213 e. The molecule has 3 heterocycles. The number of aromatic nitrogens is 2. The summed E-state index contributed by atoms with van der Waals surface area (Å²) < 4.78 is 11.2. The molecule has 4 unspecified atom stereocenters. The molecule has 0 amide bonds. The maximum absolute atomic E-state index is 5.99. The Balaban J connectivity index is 1.55. The Morgan fingerprint density at radius 2 is 2.23 bits per heavy atom. The van der Waals surface area contributed by atoms with Gasteiger partial charge in [-0.05, 0) is 43.1 Å². The molecule has 114 valence electrons. The molecular weight excluding hydrogens is 278 g/mol. The van der Waals surface area contributed by atoms with Crippen molar-refractivity contribution >= 4 is 16.7 Å². The number of rotatable bonds is 2. The summed E-state index contributed by atoms with van der Waals surface area (Å²) in [4.78, 5) is 9.00. The predicted octanol–water partition coefficient (Wildman–Crippen LogP) is 2.86. The quantitative estimate of drug-likeness (QED) is 0.923. The van der Waals surface area contributed by atoms with Crippen molar-refractivity contribution in [2.45, 2.75) is 25.3 Å². The van der Waals surface area contributed by atoms with Crippen LogP contribution in [0.1, 0.15) is 19.3 Å². The van der Waals surface area contributed by atoms with Crippen molar-refractivity contribution in [3.63, 3.8) is 0 Å². The molecule has 2 fully saturated rings. The Kier molecular flexibility index (Phi) is 2.54. The van der Waals surface area contributed by atoms with Gasteiger partial charge in [0.2, 0.25) is 5.88 Å². The van der Waals surface area contributed by atoms with Gasteiger partial charge in [0.25, 0.3) is 0 Å². The van der Waals surface area contributed by atoms with Crippen LogP contribution in [0.25, 0.3) is 11.0 Å². The van der Waals surface area contributed by atoms with Crippen LogP contribution in [0, 0.1) is 17.8 Å². The zero-order valence-corrected chi connectivity index (χ0v) is 12.6. The minimum atomic E-state index is 0.392. The lowest BCUT2D eigenvalue weighted by Gasteiger charge is -2.32. The Hall–Kier alpha value is -2.04. The van der Waals surface area contributed by atoms with Crippen molar-refractivity contribution in [3.05, 3.63) is 18.3 Å². The van der Waals surface area contributed by atoms with E-state index in [1.54, 1.807) is 13.3 Å². The fraction of sp³-hybridized carbons (Fsp3) is 0.529. The van der Waals surface area contributed by atoms with Gasteiger partial charge in [-0.2, -0.15) is 0 Å². The van der Waals surface area contributed by atoms with Crippen molar-refractivity contribution in [1.82, 2.24) is 9.97 Å². The molecule has 3 aliphatic rings. The number of hydrogen-bond acceptors (Lipinski definition) is 5. The average Bonchev–Trinajstić information content (AvgIpc) is 3.24. The lowest BCUT2D eigenvalue weighted by Crippen LogP contribution is -2.38. The number of nitrogens with one attached hydrogen (secondary N) is 1. The molecule has 2 saturated carbocycles. The SMILES string of the molecule is COc1ccc2ncc3c(c2n1)NC(C1CCC2CC21)CO3. The van der Waals surface area contributed by atoms with E-state index in [4.69, 9.17) is 9.47 Å². The molecule has 0 radical (unpaired) electrons. The van der Waals surface area contributed by atoms with Crippen LogP contribution < -0.4 is 14.8 Å². The van der Waals surface area contributed by atoms with Gasteiger partial charge in [-0.25, -0.2) is 4.98 Å². The van der Waals surface area contributed by atoms with Crippen LogP contribution in [0.2, 0.25) is 0 Å². The molecule has 1 aliphatic heterocycles. The molecule has 0 saturated heterocycles. The fourth-order valence-electron chi connectivity index (χ4n) is 4.28. The van der Waals surface area contributed by atoms with Crippen LogP contribution in [0.4, 0.5) is 5.69 Å². The zero-order chi connectivity index (χ0) is 14.7. The Morgan fingerprint density at radius 1 is 1.27 bits per heavy atom. The third kappa shape index (κ3) is 1.77. The number of methoxy groups -OCH3 is 1. The highest BCUT2D eigenvalue weighted by molar-refractivity contribution is 5.91. The van der Waals surface area contributed by atoms with Gasteiger partial charge in [0.15, 0.2) is 5.75 Å². The van der Waals surface area contributed by atoms with Crippen LogP contribution in [0.3, 0.4) is 0 Å². The van der Waals surface area contributed by atoms with E-state index >= 15 is 0 Å². The van der Waals surface area contributed by atoms with Crippen LogP contribution in [-0.2, 0) is 0 Å². The van der Waals surface area contributed by atoms with Gasteiger partial charge >= 0.3 is 0 Å². The summed E-state index contributed by atoms with van der Waals surface area (Å²) in [5, 5.41) is 3.71. The first-order chi connectivity index (χ1) is 10.8. The van der Waals surface area contributed by atoms with Crippen LogP contribution in [0.5, 0.6) is 11.6 Å². The standard InChI is InChI=1S/C17H19N3O2/c1-21-15-5-4-12-16(20-15)17-14(7-18-12)22-8-13(19-17)10-3-2-9-6-11(9)10/h4-5,7,9-11,13,19H,2-3,6,8H2,1H3. The van der Waals surface area contributed by atoms with E-state index in [-0.39, 0.29) is 0 Å². The second-order valence-corrected chi connectivity index (χ2v) is 6.68. The zero-order valence-electron chi connectivity index (χ0n) is 12.6.